The van der Waals surface area contributed by atoms with Crippen molar-refractivity contribution in [2.24, 2.45) is 4.99 Å². The molecule has 1 aliphatic heterocycles. The van der Waals surface area contributed by atoms with E-state index in [9.17, 15) is 0 Å². The smallest absolute Gasteiger partial charge is 0.191 e. The molecule has 1 aromatic carbocycles. The van der Waals surface area contributed by atoms with Gasteiger partial charge in [-0.1, -0.05) is 30.7 Å². The second-order valence-corrected chi connectivity index (χ2v) is 7.03. The first-order valence-corrected chi connectivity index (χ1v) is 9.65. The summed E-state index contributed by atoms with van der Waals surface area (Å²) in [5.41, 5.74) is 2.64. The Labute approximate surface area is 153 Å². The zero-order valence-corrected chi connectivity index (χ0v) is 16.2. The first kappa shape index (κ1) is 19.7. The van der Waals surface area contributed by atoms with E-state index in [-0.39, 0.29) is 0 Å². The molecule has 2 rings (SSSR count). The molecule has 25 heavy (non-hydrogen) atoms. The molecule has 1 aliphatic rings. The van der Waals surface area contributed by atoms with Gasteiger partial charge in [0.05, 0.1) is 6.54 Å². The molecule has 140 valence electrons. The minimum atomic E-state index is 0.711. The molecule has 0 spiro atoms. The molecule has 0 atom stereocenters. The molecule has 1 fully saturated rings. The van der Waals surface area contributed by atoms with E-state index in [0.29, 0.717) is 6.54 Å². The highest BCUT2D eigenvalue weighted by molar-refractivity contribution is 5.79. The van der Waals surface area contributed by atoms with Crippen LogP contribution in [-0.2, 0) is 13.1 Å². The lowest BCUT2D eigenvalue weighted by Crippen LogP contribution is -2.42. The number of aliphatic imine (C=N–C) groups is 1. The summed E-state index contributed by atoms with van der Waals surface area (Å²) in [7, 11) is 4.21. The lowest BCUT2D eigenvalue weighted by Gasteiger charge is -2.26. The number of hydrogen-bond acceptors (Lipinski definition) is 3. The topological polar surface area (TPSA) is 42.9 Å². The van der Waals surface area contributed by atoms with Crippen LogP contribution < -0.4 is 10.6 Å². The Bertz CT molecular complexity index is 521. The maximum absolute atomic E-state index is 4.79. The maximum Gasteiger partial charge on any atom is 0.191 e. The van der Waals surface area contributed by atoms with Gasteiger partial charge in [-0.2, -0.15) is 0 Å². The second-order valence-electron chi connectivity index (χ2n) is 7.03. The Morgan fingerprint density at radius 1 is 1.08 bits per heavy atom. The molecule has 1 aromatic rings. The van der Waals surface area contributed by atoms with Crippen LogP contribution in [0.1, 0.15) is 37.3 Å². The molecule has 0 aliphatic carbocycles. The van der Waals surface area contributed by atoms with Gasteiger partial charge in [-0.15, -0.1) is 0 Å². The average molecular weight is 346 g/mol. The van der Waals surface area contributed by atoms with Crippen LogP contribution in [0.3, 0.4) is 0 Å². The molecular formula is C20H35N5. The van der Waals surface area contributed by atoms with Gasteiger partial charge in [0.1, 0.15) is 0 Å². The Kier molecular flexibility index (Phi) is 8.77. The summed E-state index contributed by atoms with van der Waals surface area (Å²) in [6, 6.07) is 8.58. The van der Waals surface area contributed by atoms with Gasteiger partial charge in [0.2, 0.25) is 0 Å². The Hall–Kier alpha value is -1.59. The predicted octanol–water partition coefficient (Wildman–Crippen LogP) is 2.29. The van der Waals surface area contributed by atoms with E-state index in [1.807, 2.05) is 0 Å². The molecule has 1 saturated heterocycles. The quantitative estimate of drug-likeness (QED) is 0.560. The minimum absolute atomic E-state index is 0.711. The van der Waals surface area contributed by atoms with Crippen molar-refractivity contribution in [1.29, 1.82) is 0 Å². The molecule has 5 nitrogen and oxygen atoms in total. The fourth-order valence-electron chi connectivity index (χ4n) is 3.23. The van der Waals surface area contributed by atoms with Crippen molar-refractivity contribution in [2.75, 3.05) is 46.8 Å². The summed E-state index contributed by atoms with van der Waals surface area (Å²) < 4.78 is 0. The van der Waals surface area contributed by atoms with Crippen LogP contribution >= 0.6 is 0 Å². The van der Waals surface area contributed by atoms with Crippen LogP contribution in [0.5, 0.6) is 0 Å². The third kappa shape index (κ3) is 7.45. The van der Waals surface area contributed by atoms with Crippen LogP contribution in [-0.4, -0.2) is 62.6 Å². The van der Waals surface area contributed by atoms with E-state index >= 15 is 0 Å². The number of benzene rings is 1. The van der Waals surface area contributed by atoms with Gasteiger partial charge in [-0.25, -0.2) is 4.99 Å². The van der Waals surface area contributed by atoms with Crippen LogP contribution in [0, 0.1) is 0 Å². The molecule has 0 amide bonds. The largest absolute Gasteiger partial charge is 0.357 e. The van der Waals surface area contributed by atoms with Crippen LogP contribution in [0.25, 0.3) is 0 Å². The molecule has 2 N–H and O–H groups in total. The van der Waals surface area contributed by atoms with Gasteiger partial charge in [0, 0.05) is 26.2 Å². The van der Waals surface area contributed by atoms with Gasteiger partial charge >= 0.3 is 0 Å². The third-order valence-electron chi connectivity index (χ3n) is 4.53. The summed E-state index contributed by atoms with van der Waals surface area (Å²) in [6.07, 6.45) is 4.08. The SMILES string of the molecule is CCNC(=NCc1ccccc1CN(C)C)NCCN1CCCCC1. The van der Waals surface area contributed by atoms with Crippen molar-refractivity contribution in [2.45, 2.75) is 39.3 Å². The van der Waals surface area contributed by atoms with Crippen molar-refractivity contribution in [1.82, 2.24) is 20.4 Å². The summed E-state index contributed by atoms with van der Waals surface area (Å²) >= 11 is 0. The summed E-state index contributed by atoms with van der Waals surface area (Å²) in [5.74, 6) is 0.916. The lowest BCUT2D eigenvalue weighted by atomic mass is 10.1. The molecule has 0 radical (unpaired) electrons. The van der Waals surface area contributed by atoms with E-state index in [1.165, 1.54) is 43.5 Å². The van der Waals surface area contributed by atoms with Gasteiger partial charge in [-0.3, -0.25) is 0 Å². The Morgan fingerprint density at radius 3 is 2.48 bits per heavy atom. The molecule has 0 saturated carbocycles. The van der Waals surface area contributed by atoms with E-state index in [2.05, 4.69) is 65.7 Å². The van der Waals surface area contributed by atoms with E-state index < -0.39 is 0 Å². The van der Waals surface area contributed by atoms with E-state index in [1.54, 1.807) is 0 Å². The molecule has 0 bridgehead atoms. The molecule has 5 heteroatoms. The van der Waals surface area contributed by atoms with Crippen molar-refractivity contribution < 1.29 is 0 Å². The standard InChI is InChI=1S/C20H35N5/c1-4-21-20(22-12-15-25-13-8-5-9-14-25)23-16-18-10-6-7-11-19(18)17-24(2)3/h6-7,10-11H,4-5,8-9,12-17H2,1-3H3,(H2,21,22,23). The highest BCUT2D eigenvalue weighted by Gasteiger charge is 2.09. The first-order chi connectivity index (χ1) is 12.2. The van der Waals surface area contributed by atoms with E-state index in [4.69, 9.17) is 4.99 Å². The third-order valence-corrected chi connectivity index (χ3v) is 4.53. The maximum atomic E-state index is 4.79. The van der Waals surface area contributed by atoms with Gasteiger partial charge in [0.15, 0.2) is 5.96 Å². The number of piperidine rings is 1. The minimum Gasteiger partial charge on any atom is -0.357 e. The van der Waals surface area contributed by atoms with Crippen molar-refractivity contribution in [3.63, 3.8) is 0 Å². The van der Waals surface area contributed by atoms with Crippen LogP contribution in [0.15, 0.2) is 29.3 Å². The van der Waals surface area contributed by atoms with Crippen molar-refractivity contribution in [3.8, 4) is 0 Å². The normalized spacial score (nSPS) is 16.2. The summed E-state index contributed by atoms with van der Waals surface area (Å²) in [4.78, 5) is 9.54. The van der Waals surface area contributed by atoms with Gasteiger partial charge in [-0.05, 0) is 58.1 Å². The highest BCUT2D eigenvalue weighted by atomic mass is 15.2. The van der Waals surface area contributed by atoms with Crippen molar-refractivity contribution in [3.05, 3.63) is 35.4 Å². The van der Waals surface area contributed by atoms with Crippen LogP contribution in [0.2, 0.25) is 0 Å². The van der Waals surface area contributed by atoms with Crippen molar-refractivity contribution >= 4 is 5.96 Å². The zero-order valence-electron chi connectivity index (χ0n) is 16.2. The fraction of sp³-hybridized carbons (Fsp3) is 0.650. The zero-order chi connectivity index (χ0) is 17.9. The number of likely N-dealkylation sites (tertiary alicyclic amines) is 1. The predicted molar refractivity (Wildman–Crippen MR) is 107 cm³/mol. The molecular weight excluding hydrogens is 310 g/mol. The van der Waals surface area contributed by atoms with Crippen LogP contribution in [0.4, 0.5) is 0 Å². The number of hydrogen-bond donors (Lipinski definition) is 2. The second kappa shape index (κ2) is 11.1. The summed E-state index contributed by atoms with van der Waals surface area (Å²) in [5, 5.41) is 6.85. The van der Waals surface area contributed by atoms with Gasteiger partial charge < -0.3 is 20.4 Å². The molecule has 0 unspecified atom stereocenters. The lowest BCUT2D eigenvalue weighted by molar-refractivity contribution is 0.232. The van der Waals surface area contributed by atoms with Gasteiger partial charge in [0.25, 0.3) is 0 Å². The van der Waals surface area contributed by atoms with E-state index in [0.717, 1.165) is 32.1 Å². The number of nitrogens with zero attached hydrogens (tertiary/aromatic N) is 3. The Morgan fingerprint density at radius 2 is 1.80 bits per heavy atom. The average Bonchev–Trinajstić information content (AvgIpc) is 2.61. The molecule has 1 heterocycles. The number of rotatable bonds is 8. The summed E-state index contributed by atoms with van der Waals surface area (Å²) in [6.45, 7) is 9.19. The number of guanidine groups is 1. The fourth-order valence-corrected chi connectivity index (χ4v) is 3.23. The highest BCUT2D eigenvalue weighted by Crippen LogP contribution is 2.12. The Balaban J connectivity index is 1.88. The molecule has 0 aromatic heterocycles. The number of nitrogens with one attached hydrogen (secondary N) is 2. The monoisotopic (exact) mass is 345 g/mol. The first-order valence-electron chi connectivity index (χ1n) is 9.65.